The zero-order chi connectivity index (χ0) is 14.5. The molecule has 0 saturated heterocycles. The zero-order valence-electron chi connectivity index (χ0n) is 11.8. The molecule has 0 saturated carbocycles. The van der Waals surface area contributed by atoms with Gasteiger partial charge in [0.25, 0.3) is 0 Å². The summed E-state index contributed by atoms with van der Waals surface area (Å²) in [5, 5.41) is 12.6. The Morgan fingerprint density at radius 1 is 1.35 bits per heavy atom. The number of hydrogen-bond donors (Lipinski definition) is 1. The molecular formula is C14H18BrN3S2. The molecule has 0 radical (unpaired) electrons. The van der Waals surface area contributed by atoms with E-state index < -0.39 is 0 Å². The summed E-state index contributed by atoms with van der Waals surface area (Å²) >= 11 is 6.92. The van der Waals surface area contributed by atoms with Gasteiger partial charge in [-0.05, 0) is 37.1 Å². The van der Waals surface area contributed by atoms with Crippen LogP contribution in [0.25, 0.3) is 0 Å². The van der Waals surface area contributed by atoms with E-state index in [-0.39, 0.29) is 0 Å². The number of nitrogens with zero attached hydrogens (tertiary/aromatic N) is 2. The van der Waals surface area contributed by atoms with Crippen LogP contribution in [-0.2, 0) is 6.54 Å². The fourth-order valence-electron chi connectivity index (χ4n) is 1.65. The highest BCUT2D eigenvalue weighted by atomic mass is 79.9. The molecule has 0 atom stereocenters. The molecule has 0 unspecified atom stereocenters. The van der Waals surface area contributed by atoms with Crippen LogP contribution < -0.4 is 5.32 Å². The quantitative estimate of drug-likeness (QED) is 0.810. The first-order valence-corrected chi connectivity index (χ1v) is 8.94. The summed E-state index contributed by atoms with van der Waals surface area (Å²) in [6, 6.07) is 6.44. The molecule has 0 spiro atoms. The maximum absolute atomic E-state index is 4.14. The standard InChI is InChI=1S/C14H18BrN3S2/c1-9(2)7-16-8-11-4-5-12(6-13(11)15)20-14-18-17-10(3)19-14/h4-6,9,16H,7-8H2,1-3H3. The monoisotopic (exact) mass is 371 g/mol. The molecule has 1 heterocycles. The molecule has 1 N–H and O–H groups in total. The van der Waals surface area contributed by atoms with Crippen molar-refractivity contribution >= 4 is 39.0 Å². The summed E-state index contributed by atoms with van der Waals surface area (Å²) in [5.74, 6) is 0.671. The van der Waals surface area contributed by atoms with Crippen molar-refractivity contribution in [2.24, 2.45) is 5.92 Å². The second-order valence-corrected chi connectivity index (χ2v) is 8.32. The van der Waals surface area contributed by atoms with Crippen molar-refractivity contribution in [1.29, 1.82) is 0 Å². The van der Waals surface area contributed by atoms with Crippen LogP contribution in [0, 0.1) is 12.8 Å². The lowest BCUT2D eigenvalue weighted by molar-refractivity contribution is 0.551. The SMILES string of the molecule is Cc1nnc(Sc2ccc(CNCC(C)C)c(Br)c2)s1. The van der Waals surface area contributed by atoms with E-state index in [1.54, 1.807) is 23.1 Å². The smallest absolute Gasteiger partial charge is 0.179 e. The number of halogens is 1. The van der Waals surface area contributed by atoms with Crippen LogP contribution in [0.4, 0.5) is 0 Å². The lowest BCUT2D eigenvalue weighted by Gasteiger charge is -2.09. The molecular weight excluding hydrogens is 354 g/mol. The van der Waals surface area contributed by atoms with Crippen LogP contribution >= 0.6 is 39.0 Å². The van der Waals surface area contributed by atoms with Crippen molar-refractivity contribution in [2.75, 3.05) is 6.54 Å². The van der Waals surface area contributed by atoms with Gasteiger partial charge in [0.05, 0.1) is 0 Å². The van der Waals surface area contributed by atoms with Crippen molar-refractivity contribution in [2.45, 2.75) is 36.6 Å². The van der Waals surface area contributed by atoms with Gasteiger partial charge in [0.15, 0.2) is 4.34 Å². The summed E-state index contributed by atoms with van der Waals surface area (Å²) in [7, 11) is 0. The Morgan fingerprint density at radius 3 is 2.75 bits per heavy atom. The van der Waals surface area contributed by atoms with Gasteiger partial charge < -0.3 is 5.32 Å². The average Bonchev–Trinajstić information content (AvgIpc) is 2.77. The van der Waals surface area contributed by atoms with Crippen molar-refractivity contribution in [3.05, 3.63) is 33.2 Å². The predicted octanol–water partition coefficient (Wildman–Crippen LogP) is 4.51. The van der Waals surface area contributed by atoms with E-state index in [0.717, 1.165) is 26.9 Å². The minimum absolute atomic E-state index is 0.671. The molecule has 0 aliphatic carbocycles. The van der Waals surface area contributed by atoms with Gasteiger partial charge in [-0.15, -0.1) is 10.2 Å². The highest BCUT2D eigenvalue weighted by molar-refractivity contribution is 9.10. The largest absolute Gasteiger partial charge is 0.312 e. The summed E-state index contributed by atoms with van der Waals surface area (Å²) in [5.41, 5.74) is 1.28. The Labute approximate surface area is 136 Å². The van der Waals surface area contributed by atoms with Crippen LogP contribution in [0.3, 0.4) is 0 Å². The second-order valence-electron chi connectivity index (χ2n) is 4.97. The van der Waals surface area contributed by atoms with Gasteiger partial charge in [-0.2, -0.15) is 0 Å². The lowest BCUT2D eigenvalue weighted by Crippen LogP contribution is -2.19. The summed E-state index contributed by atoms with van der Waals surface area (Å²) in [4.78, 5) is 1.18. The van der Waals surface area contributed by atoms with Crippen LogP contribution in [-0.4, -0.2) is 16.7 Å². The Morgan fingerprint density at radius 2 is 2.15 bits per heavy atom. The van der Waals surface area contributed by atoms with Gasteiger partial charge in [0.1, 0.15) is 5.01 Å². The minimum atomic E-state index is 0.671. The fraction of sp³-hybridized carbons (Fsp3) is 0.429. The first-order chi connectivity index (χ1) is 9.54. The molecule has 1 aromatic heterocycles. The third kappa shape index (κ3) is 4.84. The van der Waals surface area contributed by atoms with Gasteiger partial charge in [0.2, 0.25) is 0 Å². The Balaban J connectivity index is 1.98. The number of hydrogen-bond acceptors (Lipinski definition) is 5. The maximum Gasteiger partial charge on any atom is 0.179 e. The van der Waals surface area contributed by atoms with Crippen molar-refractivity contribution < 1.29 is 0 Å². The number of benzene rings is 1. The summed E-state index contributed by atoms with van der Waals surface area (Å²) in [6.45, 7) is 8.33. The lowest BCUT2D eigenvalue weighted by atomic mass is 10.2. The Bertz CT molecular complexity index is 569. The van der Waals surface area contributed by atoms with Gasteiger partial charge in [0, 0.05) is 15.9 Å². The number of nitrogens with one attached hydrogen (secondary N) is 1. The molecule has 0 amide bonds. The van der Waals surface area contributed by atoms with Crippen LogP contribution in [0.5, 0.6) is 0 Å². The molecule has 2 rings (SSSR count). The highest BCUT2D eigenvalue weighted by Gasteiger charge is 2.06. The van der Waals surface area contributed by atoms with Gasteiger partial charge in [-0.1, -0.05) is 58.9 Å². The third-order valence-electron chi connectivity index (χ3n) is 2.61. The first-order valence-electron chi connectivity index (χ1n) is 6.51. The van der Waals surface area contributed by atoms with E-state index in [9.17, 15) is 0 Å². The number of rotatable bonds is 6. The van der Waals surface area contributed by atoms with Crippen molar-refractivity contribution in [3.63, 3.8) is 0 Å². The summed E-state index contributed by atoms with van der Waals surface area (Å²) in [6.07, 6.45) is 0. The predicted molar refractivity (Wildman–Crippen MR) is 89.5 cm³/mol. The first kappa shape index (κ1) is 15.9. The second kappa shape index (κ2) is 7.54. The van der Waals surface area contributed by atoms with E-state index in [4.69, 9.17) is 0 Å². The molecule has 108 valence electrons. The molecule has 3 nitrogen and oxygen atoms in total. The third-order valence-corrected chi connectivity index (χ3v) is 5.22. The molecule has 0 aliphatic heterocycles. The maximum atomic E-state index is 4.14. The normalized spacial score (nSPS) is 11.2. The Hall–Kier alpha value is -0.430. The molecule has 1 aromatic carbocycles. The number of aryl methyl sites for hydroxylation is 1. The van der Waals surface area contributed by atoms with Crippen LogP contribution in [0.1, 0.15) is 24.4 Å². The molecule has 6 heteroatoms. The van der Waals surface area contributed by atoms with Crippen molar-refractivity contribution in [3.8, 4) is 0 Å². The zero-order valence-corrected chi connectivity index (χ0v) is 15.0. The summed E-state index contributed by atoms with van der Waals surface area (Å²) < 4.78 is 2.13. The number of aromatic nitrogens is 2. The molecule has 20 heavy (non-hydrogen) atoms. The topological polar surface area (TPSA) is 37.8 Å². The van der Waals surface area contributed by atoms with E-state index >= 15 is 0 Å². The van der Waals surface area contributed by atoms with E-state index in [1.807, 2.05) is 6.92 Å². The van der Waals surface area contributed by atoms with E-state index in [2.05, 4.69) is 63.5 Å². The highest BCUT2D eigenvalue weighted by Crippen LogP contribution is 2.32. The average molecular weight is 372 g/mol. The Kier molecular flexibility index (Phi) is 6.01. The van der Waals surface area contributed by atoms with Crippen LogP contribution in [0.15, 0.2) is 31.9 Å². The van der Waals surface area contributed by atoms with Gasteiger partial charge in [-0.25, -0.2) is 0 Å². The molecule has 0 bridgehead atoms. The minimum Gasteiger partial charge on any atom is -0.312 e. The molecule has 0 fully saturated rings. The molecule has 0 aliphatic rings. The molecule has 2 aromatic rings. The van der Waals surface area contributed by atoms with E-state index in [0.29, 0.717) is 5.92 Å². The van der Waals surface area contributed by atoms with E-state index in [1.165, 1.54) is 10.5 Å². The van der Waals surface area contributed by atoms with Gasteiger partial charge >= 0.3 is 0 Å². The van der Waals surface area contributed by atoms with Gasteiger partial charge in [-0.3, -0.25) is 0 Å². The van der Waals surface area contributed by atoms with Crippen LogP contribution in [0.2, 0.25) is 0 Å². The fourth-order valence-corrected chi connectivity index (χ4v) is 4.15. The van der Waals surface area contributed by atoms with Crippen molar-refractivity contribution in [1.82, 2.24) is 15.5 Å².